The number of nitrogens with one attached hydrogen (secondary N) is 1. The second-order valence-corrected chi connectivity index (χ2v) is 5.15. The molecule has 1 aromatic heterocycles. The zero-order valence-corrected chi connectivity index (χ0v) is 11.8. The summed E-state index contributed by atoms with van der Waals surface area (Å²) in [5.41, 5.74) is 0. The van der Waals surface area contributed by atoms with Gasteiger partial charge < -0.3 is 15.3 Å². The second kappa shape index (κ2) is 6.01. The van der Waals surface area contributed by atoms with E-state index in [9.17, 15) is 9.59 Å². The maximum atomic E-state index is 11.4. The Balaban J connectivity index is 2.78. The normalized spacial score (nSPS) is 12.0. The average molecular weight is 292 g/mol. The molecule has 0 bridgehead atoms. The molecule has 1 atom stereocenters. The molecule has 1 heterocycles. The van der Waals surface area contributed by atoms with Gasteiger partial charge in [-0.25, -0.2) is 9.78 Å². The van der Waals surface area contributed by atoms with E-state index in [-0.39, 0.29) is 21.9 Å². The first-order chi connectivity index (χ1) is 8.36. The van der Waals surface area contributed by atoms with E-state index >= 15 is 0 Å². The van der Waals surface area contributed by atoms with Crippen molar-refractivity contribution in [2.45, 2.75) is 6.92 Å². The van der Waals surface area contributed by atoms with Crippen molar-refractivity contribution in [3.8, 4) is 0 Å². The highest BCUT2D eigenvalue weighted by molar-refractivity contribution is 7.18. The van der Waals surface area contributed by atoms with Gasteiger partial charge >= 0.3 is 5.97 Å². The lowest BCUT2D eigenvalue weighted by molar-refractivity contribution is -0.123. The molecule has 1 amide bonds. The van der Waals surface area contributed by atoms with Gasteiger partial charge in [0.05, 0.1) is 5.92 Å². The van der Waals surface area contributed by atoms with Gasteiger partial charge in [-0.15, -0.1) is 0 Å². The summed E-state index contributed by atoms with van der Waals surface area (Å²) < 4.78 is 0. The number of carboxylic acids is 1. The molecule has 100 valence electrons. The SMILES string of the molecule is CNC(=O)C(C)CN(C)c1nc(Cl)c(C(=O)O)s1. The van der Waals surface area contributed by atoms with Crippen LogP contribution in [0.3, 0.4) is 0 Å². The van der Waals surface area contributed by atoms with Crippen molar-refractivity contribution >= 4 is 39.9 Å². The van der Waals surface area contributed by atoms with Crippen LogP contribution in [0.5, 0.6) is 0 Å². The van der Waals surface area contributed by atoms with Gasteiger partial charge in [-0.05, 0) is 0 Å². The Morgan fingerprint density at radius 3 is 2.67 bits per heavy atom. The molecule has 2 N–H and O–H groups in total. The van der Waals surface area contributed by atoms with Crippen LogP contribution < -0.4 is 10.2 Å². The van der Waals surface area contributed by atoms with Crippen molar-refractivity contribution in [1.82, 2.24) is 10.3 Å². The zero-order chi connectivity index (χ0) is 13.9. The lowest BCUT2D eigenvalue weighted by atomic mass is 10.1. The molecule has 0 saturated carbocycles. The molecule has 0 aliphatic rings. The minimum atomic E-state index is -1.10. The first kappa shape index (κ1) is 14.7. The highest BCUT2D eigenvalue weighted by Crippen LogP contribution is 2.29. The summed E-state index contributed by atoms with van der Waals surface area (Å²) in [4.78, 5) is 27.9. The van der Waals surface area contributed by atoms with E-state index < -0.39 is 5.97 Å². The maximum absolute atomic E-state index is 11.4. The van der Waals surface area contributed by atoms with Gasteiger partial charge in [-0.3, -0.25) is 4.79 Å². The molecule has 18 heavy (non-hydrogen) atoms. The molecule has 1 unspecified atom stereocenters. The van der Waals surface area contributed by atoms with Gasteiger partial charge in [0.25, 0.3) is 0 Å². The van der Waals surface area contributed by atoms with Gasteiger partial charge in [0.1, 0.15) is 0 Å². The van der Waals surface area contributed by atoms with Crippen LogP contribution >= 0.6 is 22.9 Å². The molecule has 1 rings (SSSR count). The number of hydrogen-bond acceptors (Lipinski definition) is 5. The summed E-state index contributed by atoms with van der Waals surface area (Å²) in [5.74, 6) is -1.41. The first-order valence-electron chi connectivity index (χ1n) is 5.19. The Bertz CT molecular complexity index is 463. The van der Waals surface area contributed by atoms with Crippen LogP contribution in [0.1, 0.15) is 16.6 Å². The van der Waals surface area contributed by atoms with Crippen molar-refractivity contribution in [2.75, 3.05) is 25.5 Å². The number of rotatable bonds is 5. The molecular weight excluding hydrogens is 278 g/mol. The molecule has 1 aromatic rings. The van der Waals surface area contributed by atoms with Gasteiger partial charge in [0.15, 0.2) is 15.2 Å². The number of carbonyl (C=O) groups excluding carboxylic acids is 1. The van der Waals surface area contributed by atoms with Crippen LogP contribution in [0.15, 0.2) is 0 Å². The molecule has 0 aromatic carbocycles. The third kappa shape index (κ3) is 3.33. The Labute approximate surface area is 114 Å². The second-order valence-electron chi connectivity index (χ2n) is 3.82. The molecule has 0 aliphatic carbocycles. The lowest BCUT2D eigenvalue weighted by Gasteiger charge is -2.19. The Kier molecular flexibility index (Phi) is 4.92. The van der Waals surface area contributed by atoms with E-state index in [2.05, 4.69) is 10.3 Å². The first-order valence-corrected chi connectivity index (χ1v) is 6.38. The number of anilines is 1. The average Bonchev–Trinajstić information content (AvgIpc) is 2.70. The van der Waals surface area contributed by atoms with Crippen molar-refractivity contribution in [3.05, 3.63) is 10.0 Å². The molecule has 0 saturated heterocycles. The summed E-state index contributed by atoms with van der Waals surface area (Å²) in [5, 5.41) is 11.9. The van der Waals surface area contributed by atoms with Crippen molar-refractivity contribution in [3.63, 3.8) is 0 Å². The monoisotopic (exact) mass is 291 g/mol. The number of nitrogens with zero attached hydrogens (tertiary/aromatic N) is 2. The molecule has 6 nitrogen and oxygen atoms in total. The number of aromatic carboxylic acids is 1. The van der Waals surface area contributed by atoms with E-state index in [0.29, 0.717) is 11.7 Å². The molecule has 0 fully saturated rings. The predicted octanol–water partition coefficient (Wildman–Crippen LogP) is 1.31. The quantitative estimate of drug-likeness (QED) is 0.855. The highest BCUT2D eigenvalue weighted by atomic mass is 35.5. The molecule has 0 spiro atoms. The van der Waals surface area contributed by atoms with E-state index in [1.807, 2.05) is 0 Å². The minimum absolute atomic E-state index is 0.00566. The number of aromatic nitrogens is 1. The van der Waals surface area contributed by atoms with Crippen LogP contribution in [-0.2, 0) is 4.79 Å². The Hall–Kier alpha value is -1.34. The van der Waals surface area contributed by atoms with Crippen molar-refractivity contribution in [2.24, 2.45) is 5.92 Å². The van der Waals surface area contributed by atoms with Crippen LogP contribution in [-0.4, -0.2) is 42.6 Å². The number of hydrogen-bond donors (Lipinski definition) is 2. The van der Waals surface area contributed by atoms with E-state index in [1.165, 1.54) is 0 Å². The maximum Gasteiger partial charge on any atom is 0.349 e. The van der Waals surface area contributed by atoms with Crippen LogP contribution in [0.4, 0.5) is 5.13 Å². The lowest BCUT2D eigenvalue weighted by Crippen LogP contribution is -2.34. The summed E-state index contributed by atoms with van der Waals surface area (Å²) >= 11 is 6.71. The van der Waals surface area contributed by atoms with Crippen molar-refractivity contribution in [1.29, 1.82) is 0 Å². The van der Waals surface area contributed by atoms with Gasteiger partial charge in [0, 0.05) is 20.6 Å². The number of carbonyl (C=O) groups is 2. The van der Waals surface area contributed by atoms with Crippen LogP contribution in [0.25, 0.3) is 0 Å². The molecule has 0 radical (unpaired) electrons. The summed E-state index contributed by atoms with van der Waals surface area (Å²) in [6.45, 7) is 2.21. The van der Waals surface area contributed by atoms with E-state index in [1.54, 1.807) is 25.9 Å². The Morgan fingerprint density at radius 2 is 2.22 bits per heavy atom. The van der Waals surface area contributed by atoms with Gasteiger partial charge in [-0.2, -0.15) is 0 Å². The fourth-order valence-electron chi connectivity index (χ4n) is 1.40. The van der Waals surface area contributed by atoms with E-state index in [4.69, 9.17) is 16.7 Å². The topological polar surface area (TPSA) is 82.5 Å². The number of halogens is 1. The Morgan fingerprint density at radius 1 is 1.61 bits per heavy atom. The minimum Gasteiger partial charge on any atom is -0.477 e. The third-order valence-corrected chi connectivity index (χ3v) is 3.88. The largest absolute Gasteiger partial charge is 0.477 e. The molecular formula is C10H14ClN3O3S. The fourth-order valence-corrected chi connectivity index (χ4v) is 2.50. The standard InChI is InChI=1S/C10H14ClN3O3S/c1-5(8(15)12-2)4-14(3)10-13-7(11)6(18-10)9(16)17/h5H,4H2,1-3H3,(H,12,15)(H,16,17). The smallest absolute Gasteiger partial charge is 0.349 e. The predicted molar refractivity (Wildman–Crippen MR) is 70.6 cm³/mol. The fraction of sp³-hybridized carbons (Fsp3) is 0.500. The summed E-state index contributed by atoms with van der Waals surface area (Å²) in [6, 6.07) is 0. The van der Waals surface area contributed by atoms with Gasteiger partial charge in [0.2, 0.25) is 5.91 Å². The summed E-state index contributed by atoms with van der Waals surface area (Å²) in [6.07, 6.45) is 0. The van der Waals surface area contributed by atoms with Gasteiger partial charge in [-0.1, -0.05) is 29.9 Å². The molecule has 8 heteroatoms. The van der Waals surface area contributed by atoms with Crippen LogP contribution in [0, 0.1) is 5.92 Å². The number of thiazole rings is 1. The van der Waals surface area contributed by atoms with E-state index in [0.717, 1.165) is 11.3 Å². The molecule has 0 aliphatic heterocycles. The zero-order valence-electron chi connectivity index (χ0n) is 10.2. The summed E-state index contributed by atoms with van der Waals surface area (Å²) in [7, 11) is 3.31. The number of carboxylic acid groups (broad SMARTS) is 1. The van der Waals surface area contributed by atoms with Crippen molar-refractivity contribution < 1.29 is 14.7 Å². The van der Waals surface area contributed by atoms with Crippen LogP contribution in [0.2, 0.25) is 5.15 Å². The highest BCUT2D eigenvalue weighted by Gasteiger charge is 2.20. The number of amides is 1. The third-order valence-electron chi connectivity index (χ3n) is 2.34.